The monoisotopic (exact) mass is 320 g/mol. The lowest BCUT2D eigenvalue weighted by molar-refractivity contribution is -0.118. The molecule has 1 amide bonds. The van der Waals surface area contributed by atoms with Crippen molar-refractivity contribution < 1.29 is 9.53 Å². The average Bonchev–Trinajstić information content (AvgIpc) is 2.92. The Kier molecular flexibility index (Phi) is 5.59. The van der Waals surface area contributed by atoms with Crippen LogP contribution in [0.3, 0.4) is 0 Å². The fourth-order valence-corrected chi connectivity index (χ4v) is 2.88. The Labute approximate surface area is 133 Å². The minimum absolute atomic E-state index is 0.180. The third-order valence-corrected chi connectivity index (χ3v) is 4.04. The quantitative estimate of drug-likeness (QED) is 0.851. The van der Waals surface area contributed by atoms with Gasteiger partial charge in [0.25, 0.3) is 0 Å². The molecule has 0 aliphatic heterocycles. The molecule has 2 aromatic rings. The van der Waals surface area contributed by atoms with Crippen LogP contribution in [0.1, 0.15) is 17.5 Å². The van der Waals surface area contributed by atoms with E-state index in [1.54, 1.807) is 0 Å². The van der Waals surface area contributed by atoms with Gasteiger partial charge in [0.05, 0.1) is 12.5 Å². The van der Waals surface area contributed by atoms with Crippen LogP contribution in [0.25, 0.3) is 10.6 Å². The number of anilines is 1. The normalized spacial score (nSPS) is 12.2. The summed E-state index contributed by atoms with van der Waals surface area (Å²) >= 11 is 1.35. The van der Waals surface area contributed by atoms with Crippen molar-refractivity contribution in [2.24, 2.45) is 5.73 Å². The topological polar surface area (TPSA) is 90.1 Å². The lowest BCUT2D eigenvalue weighted by atomic mass is 10.1. The highest BCUT2D eigenvalue weighted by molar-refractivity contribution is 7.18. The smallest absolute Gasteiger partial charge is 0.228 e. The van der Waals surface area contributed by atoms with Crippen LogP contribution < -0.4 is 11.1 Å². The summed E-state index contributed by atoms with van der Waals surface area (Å²) in [6.45, 7) is 4.38. The number of ether oxygens (including phenoxy) is 1. The molecule has 22 heavy (non-hydrogen) atoms. The molecule has 1 unspecified atom stereocenters. The molecule has 0 saturated heterocycles. The Morgan fingerprint density at radius 1 is 1.32 bits per heavy atom. The molecule has 0 aliphatic rings. The zero-order valence-corrected chi connectivity index (χ0v) is 13.7. The Bertz CT molecular complexity index is 632. The number of carbonyl (C=O) groups is 1. The van der Waals surface area contributed by atoms with E-state index < -0.39 is 0 Å². The molecule has 0 fully saturated rings. The van der Waals surface area contributed by atoms with Crippen molar-refractivity contribution >= 4 is 22.4 Å². The zero-order chi connectivity index (χ0) is 16.1. The lowest BCUT2D eigenvalue weighted by Gasteiger charge is -2.11. The summed E-state index contributed by atoms with van der Waals surface area (Å²) in [4.78, 5) is 11.9. The Morgan fingerprint density at radius 3 is 2.59 bits per heavy atom. The van der Waals surface area contributed by atoms with E-state index in [1.165, 1.54) is 29.6 Å². The van der Waals surface area contributed by atoms with E-state index in [9.17, 15) is 4.79 Å². The van der Waals surface area contributed by atoms with Crippen LogP contribution >= 0.6 is 11.3 Å². The first-order chi connectivity index (χ1) is 10.5. The fourth-order valence-electron chi connectivity index (χ4n) is 2.13. The summed E-state index contributed by atoms with van der Waals surface area (Å²) in [6.07, 6.45) is -0.0855. The van der Waals surface area contributed by atoms with Gasteiger partial charge in [0.2, 0.25) is 11.0 Å². The van der Waals surface area contributed by atoms with E-state index >= 15 is 0 Å². The van der Waals surface area contributed by atoms with E-state index in [-0.39, 0.29) is 18.4 Å². The maximum absolute atomic E-state index is 11.9. The molecule has 1 aromatic carbocycles. The van der Waals surface area contributed by atoms with Crippen LogP contribution in [-0.4, -0.2) is 35.9 Å². The third-order valence-electron chi connectivity index (χ3n) is 3.15. The number of hydrogen-bond acceptors (Lipinski definition) is 6. The highest BCUT2D eigenvalue weighted by atomic mass is 32.1. The number of rotatable bonds is 6. The van der Waals surface area contributed by atoms with Gasteiger partial charge in [0.15, 0.2) is 0 Å². The molecule has 7 heteroatoms. The van der Waals surface area contributed by atoms with E-state index in [0.717, 1.165) is 10.6 Å². The molecule has 3 N–H and O–H groups in total. The van der Waals surface area contributed by atoms with Crippen molar-refractivity contribution in [3.05, 3.63) is 29.3 Å². The minimum Gasteiger partial charge on any atom is -0.380 e. The van der Waals surface area contributed by atoms with E-state index in [1.807, 2.05) is 13.8 Å². The molecular formula is C15H20N4O2S. The number of carbonyl (C=O) groups excluding carboxylic acids is 1. The molecule has 2 rings (SSSR count). The van der Waals surface area contributed by atoms with Crippen LogP contribution in [0.4, 0.5) is 5.13 Å². The number of methoxy groups -OCH3 is 1. The summed E-state index contributed by atoms with van der Waals surface area (Å²) in [5.41, 5.74) is 8.85. The van der Waals surface area contributed by atoms with Gasteiger partial charge < -0.3 is 15.8 Å². The Hall–Kier alpha value is -1.83. The number of nitrogens with two attached hydrogens (primary N) is 1. The molecule has 0 radical (unpaired) electrons. The van der Waals surface area contributed by atoms with Crippen LogP contribution in [0.5, 0.6) is 0 Å². The highest BCUT2D eigenvalue weighted by Crippen LogP contribution is 2.27. The van der Waals surface area contributed by atoms with Gasteiger partial charge in [-0.15, -0.1) is 10.2 Å². The average molecular weight is 320 g/mol. The standard InChI is InChI=1S/C15H20N4O2S/c1-9-4-10(2)6-11(5-9)14-18-19-15(22-14)17-13(20)7-12(8-16)21-3/h4-6,12H,7-8,16H2,1-3H3,(H,17,19,20). The molecule has 1 atom stereocenters. The summed E-state index contributed by atoms with van der Waals surface area (Å²) in [5, 5.41) is 12.1. The first-order valence-electron chi connectivity index (χ1n) is 6.96. The zero-order valence-electron chi connectivity index (χ0n) is 12.9. The molecule has 0 aliphatic carbocycles. The van der Waals surface area contributed by atoms with Gasteiger partial charge in [-0.1, -0.05) is 28.5 Å². The van der Waals surface area contributed by atoms with Crippen LogP contribution in [0.2, 0.25) is 0 Å². The fraction of sp³-hybridized carbons (Fsp3) is 0.400. The third kappa shape index (κ3) is 4.33. The number of aromatic nitrogens is 2. The highest BCUT2D eigenvalue weighted by Gasteiger charge is 2.14. The maximum Gasteiger partial charge on any atom is 0.228 e. The second-order valence-corrected chi connectivity index (χ2v) is 6.11. The number of nitrogens with one attached hydrogen (secondary N) is 1. The SMILES string of the molecule is COC(CN)CC(=O)Nc1nnc(-c2cc(C)cc(C)c2)s1. The molecule has 6 nitrogen and oxygen atoms in total. The molecule has 0 bridgehead atoms. The van der Waals surface area contributed by atoms with Gasteiger partial charge in [0, 0.05) is 19.2 Å². The summed E-state index contributed by atoms with van der Waals surface area (Å²) in [7, 11) is 1.54. The van der Waals surface area contributed by atoms with Crippen LogP contribution in [-0.2, 0) is 9.53 Å². The largest absolute Gasteiger partial charge is 0.380 e. The number of amides is 1. The van der Waals surface area contributed by atoms with Gasteiger partial charge in [-0.3, -0.25) is 4.79 Å². The van der Waals surface area contributed by atoms with E-state index in [4.69, 9.17) is 10.5 Å². The van der Waals surface area contributed by atoms with Gasteiger partial charge in [-0.05, 0) is 26.0 Å². The summed E-state index contributed by atoms with van der Waals surface area (Å²) in [6, 6.07) is 6.20. The Morgan fingerprint density at radius 2 is 2.00 bits per heavy atom. The van der Waals surface area contributed by atoms with Gasteiger partial charge in [-0.25, -0.2) is 0 Å². The van der Waals surface area contributed by atoms with Crippen LogP contribution in [0.15, 0.2) is 18.2 Å². The predicted octanol–water partition coefficient (Wildman–Crippen LogP) is 2.12. The van der Waals surface area contributed by atoms with E-state index in [2.05, 4.69) is 33.7 Å². The molecule has 0 saturated carbocycles. The van der Waals surface area contributed by atoms with Gasteiger partial charge >= 0.3 is 0 Å². The summed E-state index contributed by atoms with van der Waals surface area (Å²) < 4.78 is 5.09. The van der Waals surface area contributed by atoms with E-state index in [0.29, 0.717) is 11.7 Å². The predicted molar refractivity (Wildman–Crippen MR) is 87.9 cm³/mol. The van der Waals surface area contributed by atoms with Gasteiger partial charge in [0.1, 0.15) is 5.01 Å². The second kappa shape index (κ2) is 7.44. The minimum atomic E-state index is -0.285. The number of benzene rings is 1. The number of hydrogen-bond donors (Lipinski definition) is 2. The second-order valence-electron chi connectivity index (χ2n) is 5.13. The first kappa shape index (κ1) is 16.5. The van der Waals surface area contributed by atoms with Crippen molar-refractivity contribution in [3.63, 3.8) is 0 Å². The first-order valence-corrected chi connectivity index (χ1v) is 7.78. The summed E-state index contributed by atoms with van der Waals surface area (Å²) in [5.74, 6) is -0.180. The van der Waals surface area contributed by atoms with Crippen molar-refractivity contribution in [3.8, 4) is 10.6 Å². The lowest BCUT2D eigenvalue weighted by Crippen LogP contribution is -2.28. The van der Waals surface area contributed by atoms with Crippen molar-refractivity contribution in [1.29, 1.82) is 0 Å². The van der Waals surface area contributed by atoms with Crippen molar-refractivity contribution in [2.75, 3.05) is 19.0 Å². The number of aryl methyl sites for hydroxylation is 2. The number of nitrogens with zero attached hydrogens (tertiary/aromatic N) is 2. The molecular weight excluding hydrogens is 300 g/mol. The van der Waals surface area contributed by atoms with Crippen molar-refractivity contribution in [1.82, 2.24) is 10.2 Å². The molecule has 1 aromatic heterocycles. The molecule has 0 spiro atoms. The van der Waals surface area contributed by atoms with Gasteiger partial charge in [-0.2, -0.15) is 0 Å². The Balaban J connectivity index is 2.06. The van der Waals surface area contributed by atoms with Crippen LogP contribution in [0, 0.1) is 13.8 Å². The maximum atomic E-state index is 11.9. The molecule has 1 heterocycles. The molecule has 118 valence electrons. The van der Waals surface area contributed by atoms with Crippen molar-refractivity contribution in [2.45, 2.75) is 26.4 Å².